The molecule has 1 atom stereocenters. The summed E-state index contributed by atoms with van der Waals surface area (Å²) in [6, 6.07) is 2.57. The summed E-state index contributed by atoms with van der Waals surface area (Å²) in [5, 5.41) is 11.1. The number of nitrogens with zero attached hydrogens (tertiary/aromatic N) is 2. The lowest BCUT2D eigenvalue weighted by molar-refractivity contribution is -0.384. The van der Waals surface area contributed by atoms with Gasteiger partial charge in [-0.1, -0.05) is 6.08 Å². The van der Waals surface area contributed by atoms with Crippen LogP contribution in [0.5, 0.6) is 0 Å². The van der Waals surface area contributed by atoms with Crippen LogP contribution < -0.4 is 16.9 Å². The minimum Gasteiger partial charge on any atom is -0.355 e. The molecule has 23 heavy (non-hydrogen) atoms. The second-order valence-electron chi connectivity index (χ2n) is 5.08. The molecule has 3 rings (SSSR count). The maximum absolute atomic E-state index is 11.6. The van der Waals surface area contributed by atoms with Crippen molar-refractivity contribution < 1.29 is 4.92 Å². The molecule has 4 N–H and O–H groups in total. The summed E-state index contributed by atoms with van der Waals surface area (Å²) in [5.41, 5.74) is 5.12. The van der Waals surface area contributed by atoms with Gasteiger partial charge >= 0.3 is 11.1 Å². The van der Waals surface area contributed by atoms with Crippen LogP contribution in [0.2, 0.25) is 0 Å². The lowest BCUT2D eigenvalue weighted by atomic mass is 10.1. The molecule has 1 aromatic carbocycles. The first kappa shape index (κ1) is 14.7. The van der Waals surface area contributed by atoms with Crippen molar-refractivity contribution >= 4 is 16.7 Å². The van der Waals surface area contributed by atoms with Crippen LogP contribution in [-0.2, 0) is 6.54 Å². The third-order valence-corrected chi connectivity index (χ3v) is 3.54. The molecule has 0 saturated heterocycles. The number of non-ortho nitro benzene ring substituents is 1. The summed E-state index contributed by atoms with van der Waals surface area (Å²) < 4.78 is 0. The summed E-state index contributed by atoms with van der Waals surface area (Å²) in [4.78, 5) is 40.1. The zero-order valence-electron chi connectivity index (χ0n) is 11.9. The molecular formula is C14H13N5O4. The van der Waals surface area contributed by atoms with Gasteiger partial charge in [-0.25, -0.2) is 0 Å². The van der Waals surface area contributed by atoms with Crippen LogP contribution in [0.4, 0.5) is 5.69 Å². The van der Waals surface area contributed by atoms with Gasteiger partial charge in [0.1, 0.15) is 0 Å². The summed E-state index contributed by atoms with van der Waals surface area (Å²) in [6.07, 6.45) is 6.71. The molecule has 0 amide bonds. The lowest BCUT2D eigenvalue weighted by Gasteiger charge is -2.27. The molecular weight excluding hydrogens is 302 g/mol. The fourth-order valence-corrected chi connectivity index (χ4v) is 2.41. The van der Waals surface area contributed by atoms with Crippen LogP contribution >= 0.6 is 0 Å². The predicted octanol–water partition coefficient (Wildman–Crippen LogP) is 0.295. The molecule has 0 spiro atoms. The Hall–Kier alpha value is -3.20. The fraction of sp³-hybridized carbons (Fsp3) is 0.143. The van der Waals surface area contributed by atoms with Crippen LogP contribution in [0.3, 0.4) is 0 Å². The van der Waals surface area contributed by atoms with Gasteiger partial charge in [0.25, 0.3) is 5.69 Å². The van der Waals surface area contributed by atoms with Gasteiger partial charge in [-0.2, -0.15) is 0 Å². The summed E-state index contributed by atoms with van der Waals surface area (Å²) in [7, 11) is 0. The Morgan fingerprint density at radius 3 is 2.65 bits per heavy atom. The number of rotatable bonds is 3. The predicted molar refractivity (Wildman–Crippen MR) is 83.6 cm³/mol. The summed E-state index contributed by atoms with van der Waals surface area (Å²) >= 11 is 0. The van der Waals surface area contributed by atoms with E-state index < -0.39 is 16.0 Å². The van der Waals surface area contributed by atoms with Crippen molar-refractivity contribution in [1.29, 1.82) is 0 Å². The Morgan fingerprint density at radius 2 is 1.96 bits per heavy atom. The van der Waals surface area contributed by atoms with E-state index in [1.807, 2.05) is 0 Å². The normalized spacial score (nSPS) is 16.9. The van der Waals surface area contributed by atoms with Crippen molar-refractivity contribution in [2.75, 3.05) is 0 Å². The van der Waals surface area contributed by atoms with E-state index in [1.54, 1.807) is 29.3 Å². The van der Waals surface area contributed by atoms with E-state index in [9.17, 15) is 19.7 Å². The molecule has 1 aliphatic rings. The minimum atomic E-state index is -0.860. The number of aromatic amines is 2. The van der Waals surface area contributed by atoms with Crippen molar-refractivity contribution in [2.45, 2.75) is 12.7 Å². The average Bonchev–Trinajstić information content (AvgIpc) is 2.51. The molecule has 2 aromatic rings. The van der Waals surface area contributed by atoms with Crippen LogP contribution in [0.25, 0.3) is 11.0 Å². The number of nitro groups is 1. The number of benzene rings is 1. The molecule has 9 nitrogen and oxygen atoms in total. The topological polar surface area (TPSA) is 138 Å². The second kappa shape index (κ2) is 5.54. The number of nitrogens with two attached hydrogens (primary N) is 1. The number of nitro benzene ring substituents is 1. The highest BCUT2D eigenvalue weighted by atomic mass is 16.6. The first-order valence-corrected chi connectivity index (χ1v) is 6.75. The number of allylic oxidation sites excluding steroid dienone is 2. The van der Waals surface area contributed by atoms with E-state index in [0.717, 1.165) is 0 Å². The van der Waals surface area contributed by atoms with Gasteiger partial charge in [0.15, 0.2) is 0 Å². The molecule has 0 saturated carbocycles. The van der Waals surface area contributed by atoms with Gasteiger partial charge in [-0.3, -0.25) is 19.7 Å². The molecule has 0 bridgehead atoms. The van der Waals surface area contributed by atoms with E-state index >= 15 is 0 Å². The van der Waals surface area contributed by atoms with Gasteiger partial charge in [0, 0.05) is 30.4 Å². The van der Waals surface area contributed by atoms with Gasteiger partial charge in [0.05, 0.1) is 22.1 Å². The Balaban J connectivity index is 2.17. The molecule has 1 aliphatic heterocycles. The Bertz CT molecular complexity index is 956. The molecule has 0 radical (unpaired) electrons. The molecule has 1 aromatic heterocycles. The zero-order chi connectivity index (χ0) is 16.6. The molecule has 1 unspecified atom stereocenters. The zero-order valence-corrected chi connectivity index (χ0v) is 11.9. The monoisotopic (exact) mass is 315 g/mol. The number of fused-ring (bicyclic) bond motifs is 1. The van der Waals surface area contributed by atoms with Crippen LogP contribution in [-0.4, -0.2) is 26.0 Å². The number of H-pyrrole nitrogens is 2. The first-order valence-electron chi connectivity index (χ1n) is 6.75. The standard InChI is InChI=1S/C14H13N5O4/c15-11-3-1-2-4-18(11)7-8-5-9(19(22)23)6-10-12(8)17-14(21)13(20)16-10/h1-6,11H,7,15H2,(H,16,20)(H,17,21). The van der Waals surface area contributed by atoms with E-state index in [1.165, 1.54) is 12.1 Å². The molecule has 9 heteroatoms. The highest BCUT2D eigenvalue weighted by Gasteiger charge is 2.17. The number of nitrogens with one attached hydrogen (secondary N) is 2. The van der Waals surface area contributed by atoms with Crippen molar-refractivity contribution in [1.82, 2.24) is 14.9 Å². The van der Waals surface area contributed by atoms with E-state index in [2.05, 4.69) is 9.97 Å². The smallest absolute Gasteiger partial charge is 0.314 e. The lowest BCUT2D eigenvalue weighted by Crippen LogP contribution is -2.37. The molecule has 118 valence electrons. The number of hydrogen-bond donors (Lipinski definition) is 3. The van der Waals surface area contributed by atoms with E-state index in [0.29, 0.717) is 11.1 Å². The SMILES string of the molecule is NC1C=CC=CN1Cc1cc([N+](=O)[O-])cc2[nH]c(=O)c(=O)[nH]c12. The van der Waals surface area contributed by atoms with Crippen molar-refractivity contribution in [2.24, 2.45) is 5.73 Å². The Morgan fingerprint density at radius 1 is 1.22 bits per heavy atom. The van der Waals surface area contributed by atoms with Crippen LogP contribution in [0, 0.1) is 10.1 Å². The average molecular weight is 315 g/mol. The highest BCUT2D eigenvalue weighted by molar-refractivity contribution is 5.80. The quantitative estimate of drug-likeness (QED) is 0.423. The van der Waals surface area contributed by atoms with Crippen molar-refractivity contribution in [3.8, 4) is 0 Å². The van der Waals surface area contributed by atoms with E-state index in [-0.39, 0.29) is 23.9 Å². The Kier molecular flexibility index (Phi) is 3.54. The van der Waals surface area contributed by atoms with Crippen molar-refractivity contribution in [3.63, 3.8) is 0 Å². The van der Waals surface area contributed by atoms with Gasteiger partial charge in [0.2, 0.25) is 0 Å². The van der Waals surface area contributed by atoms with Gasteiger partial charge in [-0.15, -0.1) is 0 Å². The van der Waals surface area contributed by atoms with E-state index in [4.69, 9.17) is 5.73 Å². The van der Waals surface area contributed by atoms with Crippen molar-refractivity contribution in [3.05, 3.63) is 72.9 Å². The maximum Gasteiger partial charge on any atom is 0.314 e. The second-order valence-corrected chi connectivity index (χ2v) is 5.08. The third-order valence-electron chi connectivity index (χ3n) is 3.54. The Labute approximate surface area is 128 Å². The van der Waals surface area contributed by atoms with Gasteiger partial charge < -0.3 is 20.6 Å². The van der Waals surface area contributed by atoms with Crippen LogP contribution in [0.15, 0.2) is 46.1 Å². The summed E-state index contributed by atoms with van der Waals surface area (Å²) in [6.45, 7) is 0.238. The number of hydrogen-bond acceptors (Lipinski definition) is 6. The fourth-order valence-electron chi connectivity index (χ4n) is 2.41. The molecule has 2 heterocycles. The maximum atomic E-state index is 11.6. The molecule has 0 fully saturated rings. The molecule has 0 aliphatic carbocycles. The summed E-state index contributed by atoms with van der Waals surface area (Å²) in [5.74, 6) is 0. The van der Waals surface area contributed by atoms with Gasteiger partial charge in [-0.05, 0) is 12.2 Å². The third kappa shape index (κ3) is 2.77. The number of aromatic nitrogens is 2. The highest BCUT2D eigenvalue weighted by Crippen LogP contribution is 2.23. The largest absolute Gasteiger partial charge is 0.355 e. The first-order chi connectivity index (χ1) is 11.0. The van der Waals surface area contributed by atoms with Crippen LogP contribution in [0.1, 0.15) is 5.56 Å². The minimum absolute atomic E-state index is 0.180.